The SMILES string of the molecule is O=C1COc2cc([N+](=O)[O-])c(NCCOCCO)cc2N1. The van der Waals surface area contributed by atoms with E-state index in [0.29, 0.717) is 12.2 Å². The summed E-state index contributed by atoms with van der Waals surface area (Å²) in [5.74, 6) is -0.0445. The van der Waals surface area contributed by atoms with Crippen molar-refractivity contribution in [3.63, 3.8) is 0 Å². The minimum atomic E-state index is -0.531. The Hall–Kier alpha value is -2.39. The summed E-state index contributed by atoms with van der Waals surface area (Å²) in [5.41, 5.74) is 0.500. The van der Waals surface area contributed by atoms with E-state index in [4.69, 9.17) is 14.6 Å². The molecule has 0 unspecified atom stereocenters. The Morgan fingerprint density at radius 1 is 1.48 bits per heavy atom. The number of nitrogens with zero attached hydrogens (tertiary/aromatic N) is 1. The molecule has 114 valence electrons. The van der Waals surface area contributed by atoms with Crippen LogP contribution in [0.25, 0.3) is 0 Å². The second kappa shape index (κ2) is 6.86. The number of fused-ring (bicyclic) bond motifs is 1. The number of nitro benzene ring substituents is 1. The molecule has 0 saturated heterocycles. The summed E-state index contributed by atoms with van der Waals surface area (Å²) < 4.78 is 10.2. The normalized spacial score (nSPS) is 13.1. The van der Waals surface area contributed by atoms with Crippen LogP contribution < -0.4 is 15.4 Å². The molecule has 0 bridgehead atoms. The third-order valence-corrected chi connectivity index (χ3v) is 2.72. The highest BCUT2D eigenvalue weighted by Crippen LogP contribution is 2.37. The zero-order valence-corrected chi connectivity index (χ0v) is 11.1. The molecule has 0 saturated carbocycles. The maximum Gasteiger partial charge on any atom is 0.296 e. The number of ether oxygens (including phenoxy) is 2. The van der Waals surface area contributed by atoms with Crippen molar-refractivity contribution in [1.29, 1.82) is 0 Å². The van der Waals surface area contributed by atoms with Gasteiger partial charge in [0.2, 0.25) is 0 Å². The molecule has 1 aromatic carbocycles. The van der Waals surface area contributed by atoms with Crippen LogP contribution in [-0.4, -0.2) is 48.9 Å². The van der Waals surface area contributed by atoms with Gasteiger partial charge in [-0.1, -0.05) is 0 Å². The molecule has 3 N–H and O–H groups in total. The van der Waals surface area contributed by atoms with Gasteiger partial charge in [0, 0.05) is 6.54 Å². The standard InChI is InChI=1S/C12H15N3O6/c16-2-4-20-3-1-13-8-5-9-11(6-10(8)15(18)19)21-7-12(17)14-9/h5-6,13,16H,1-4,7H2,(H,14,17). The summed E-state index contributed by atoms with van der Waals surface area (Å²) >= 11 is 0. The quantitative estimate of drug-likeness (QED) is 0.377. The van der Waals surface area contributed by atoms with Gasteiger partial charge < -0.3 is 25.2 Å². The van der Waals surface area contributed by atoms with Gasteiger partial charge in [-0.15, -0.1) is 0 Å². The third-order valence-electron chi connectivity index (χ3n) is 2.72. The monoisotopic (exact) mass is 297 g/mol. The molecule has 21 heavy (non-hydrogen) atoms. The Morgan fingerprint density at radius 2 is 2.29 bits per heavy atom. The van der Waals surface area contributed by atoms with Crippen molar-refractivity contribution in [3.05, 3.63) is 22.2 Å². The Bertz CT molecular complexity index is 548. The molecule has 0 radical (unpaired) electrons. The Morgan fingerprint density at radius 3 is 3.00 bits per heavy atom. The maximum atomic E-state index is 11.3. The fourth-order valence-electron chi connectivity index (χ4n) is 1.83. The van der Waals surface area contributed by atoms with Crippen LogP contribution in [0.15, 0.2) is 12.1 Å². The molecule has 9 heteroatoms. The number of hydrogen-bond donors (Lipinski definition) is 3. The van der Waals surface area contributed by atoms with E-state index < -0.39 is 4.92 Å². The second-order valence-electron chi connectivity index (χ2n) is 4.22. The number of anilines is 2. The molecule has 0 fully saturated rings. The molecule has 0 aromatic heterocycles. The average Bonchev–Trinajstić information content (AvgIpc) is 2.46. The largest absolute Gasteiger partial charge is 0.481 e. The van der Waals surface area contributed by atoms with E-state index in [1.807, 2.05) is 0 Å². The second-order valence-corrected chi connectivity index (χ2v) is 4.22. The molecule has 0 atom stereocenters. The van der Waals surface area contributed by atoms with Gasteiger partial charge in [-0.05, 0) is 6.07 Å². The minimum absolute atomic E-state index is 0.0810. The lowest BCUT2D eigenvalue weighted by Crippen LogP contribution is -2.25. The number of aliphatic hydroxyl groups excluding tert-OH is 1. The van der Waals surface area contributed by atoms with E-state index in [-0.39, 0.29) is 49.5 Å². The number of benzene rings is 1. The fourth-order valence-corrected chi connectivity index (χ4v) is 1.83. The van der Waals surface area contributed by atoms with E-state index in [2.05, 4.69) is 10.6 Å². The molecule has 1 aliphatic rings. The minimum Gasteiger partial charge on any atom is -0.481 e. The molecule has 1 heterocycles. The van der Waals surface area contributed by atoms with Gasteiger partial charge in [0.1, 0.15) is 5.69 Å². The van der Waals surface area contributed by atoms with Crippen molar-refractivity contribution in [2.24, 2.45) is 0 Å². The Labute approximate surface area is 120 Å². The molecule has 0 spiro atoms. The highest BCUT2D eigenvalue weighted by molar-refractivity contribution is 5.96. The first-order valence-corrected chi connectivity index (χ1v) is 6.29. The molecular weight excluding hydrogens is 282 g/mol. The number of carbonyl (C=O) groups excluding carboxylic acids is 1. The van der Waals surface area contributed by atoms with E-state index >= 15 is 0 Å². The summed E-state index contributed by atoms with van der Waals surface area (Å²) in [6.45, 7) is 0.582. The summed E-state index contributed by atoms with van der Waals surface area (Å²) in [7, 11) is 0. The first kappa shape index (κ1) is 15.0. The van der Waals surface area contributed by atoms with Crippen molar-refractivity contribution >= 4 is 23.0 Å². The molecule has 0 aliphatic carbocycles. The van der Waals surface area contributed by atoms with E-state index in [1.165, 1.54) is 12.1 Å². The molecule has 1 aromatic rings. The first-order valence-electron chi connectivity index (χ1n) is 6.29. The van der Waals surface area contributed by atoms with Crippen LogP contribution in [0.4, 0.5) is 17.1 Å². The predicted octanol–water partition coefficient (Wildman–Crippen LogP) is 0.346. The molecular formula is C12H15N3O6. The average molecular weight is 297 g/mol. The molecule has 1 aliphatic heterocycles. The van der Waals surface area contributed by atoms with Crippen LogP contribution in [0.2, 0.25) is 0 Å². The predicted molar refractivity (Wildman–Crippen MR) is 73.6 cm³/mol. The van der Waals surface area contributed by atoms with Crippen LogP contribution in [0.3, 0.4) is 0 Å². The van der Waals surface area contributed by atoms with Crippen LogP contribution in [0.1, 0.15) is 0 Å². The van der Waals surface area contributed by atoms with Gasteiger partial charge in [-0.25, -0.2) is 0 Å². The van der Waals surface area contributed by atoms with Gasteiger partial charge in [0.25, 0.3) is 11.6 Å². The topological polar surface area (TPSA) is 123 Å². The summed E-state index contributed by atoms with van der Waals surface area (Å²) in [5, 5.41) is 25.1. The van der Waals surface area contributed by atoms with Crippen LogP contribution in [0.5, 0.6) is 5.75 Å². The van der Waals surface area contributed by atoms with Crippen molar-refractivity contribution in [2.45, 2.75) is 0 Å². The highest BCUT2D eigenvalue weighted by Gasteiger charge is 2.23. The van der Waals surface area contributed by atoms with Gasteiger partial charge in [-0.2, -0.15) is 0 Å². The highest BCUT2D eigenvalue weighted by atomic mass is 16.6. The van der Waals surface area contributed by atoms with Gasteiger partial charge in [0.05, 0.1) is 36.5 Å². The molecule has 9 nitrogen and oxygen atoms in total. The van der Waals surface area contributed by atoms with Gasteiger partial charge in [-0.3, -0.25) is 14.9 Å². The number of amides is 1. The van der Waals surface area contributed by atoms with E-state index in [9.17, 15) is 14.9 Å². The lowest BCUT2D eigenvalue weighted by Gasteiger charge is -2.19. The van der Waals surface area contributed by atoms with E-state index in [0.717, 1.165) is 0 Å². The third kappa shape index (κ3) is 3.80. The van der Waals surface area contributed by atoms with Crippen LogP contribution in [0, 0.1) is 10.1 Å². The number of carbonyl (C=O) groups is 1. The zero-order valence-electron chi connectivity index (χ0n) is 11.1. The maximum absolute atomic E-state index is 11.3. The summed E-state index contributed by atoms with van der Waals surface area (Å²) in [6.07, 6.45) is 0. The number of nitro groups is 1. The van der Waals surface area contributed by atoms with Crippen LogP contribution in [-0.2, 0) is 9.53 Å². The van der Waals surface area contributed by atoms with Crippen LogP contribution >= 0.6 is 0 Å². The van der Waals surface area contributed by atoms with Crippen molar-refractivity contribution < 1.29 is 24.3 Å². The van der Waals surface area contributed by atoms with Gasteiger partial charge >= 0.3 is 0 Å². The van der Waals surface area contributed by atoms with Crippen molar-refractivity contribution in [2.75, 3.05) is 43.6 Å². The number of hydrogen-bond acceptors (Lipinski definition) is 7. The lowest BCUT2D eigenvalue weighted by molar-refractivity contribution is -0.384. The number of aliphatic hydroxyl groups is 1. The molecule has 2 rings (SSSR count). The van der Waals surface area contributed by atoms with Crippen molar-refractivity contribution in [3.8, 4) is 5.75 Å². The smallest absolute Gasteiger partial charge is 0.296 e. The Kier molecular flexibility index (Phi) is 4.90. The van der Waals surface area contributed by atoms with Gasteiger partial charge in [0.15, 0.2) is 12.4 Å². The first-order chi connectivity index (χ1) is 10.1. The number of nitrogens with one attached hydrogen (secondary N) is 2. The summed E-state index contributed by atoms with van der Waals surface area (Å²) in [6, 6.07) is 2.72. The van der Waals surface area contributed by atoms with E-state index in [1.54, 1.807) is 0 Å². The lowest BCUT2D eigenvalue weighted by atomic mass is 10.2. The Balaban J connectivity index is 2.12. The molecule has 1 amide bonds. The van der Waals surface area contributed by atoms with Crippen molar-refractivity contribution in [1.82, 2.24) is 0 Å². The zero-order chi connectivity index (χ0) is 15.2. The number of rotatable bonds is 7. The fraction of sp³-hybridized carbons (Fsp3) is 0.417. The summed E-state index contributed by atoms with van der Waals surface area (Å²) in [4.78, 5) is 21.8.